The summed E-state index contributed by atoms with van der Waals surface area (Å²) in [5, 5.41) is 11.7. The number of nitrogens with zero attached hydrogens (tertiary/aromatic N) is 2. The Labute approximate surface area is 170 Å². The highest BCUT2D eigenvalue weighted by molar-refractivity contribution is 5.90. The second-order valence-electron chi connectivity index (χ2n) is 6.99. The maximum absolute atomic E-state index is 12.8. The van der Waals surface area contributed by atoms with E-state index < -0.39 is 17.3 Å². The predicted octanol–water partition coefficient (Wildman–Crippen LogP) is 3.97. The number of nitrogen functional groups attached to an aromatic ring is 1. The van der Waals surface area contributed by atoms with Crippen LogP contribution in [0.1, 0.15) is 37.7 Å². The molecule has 2 heterocycles. The summed E-state index contributed by atoms with van der Waals surface area (Å²) < 4.78 is 38.3. The number of aliphatic hydroxyl groups excluding tert-OH is 1. The van der Waals surface area contributed by atoms with E-state index in [0.717, 1.165) is 25.0 Å². The van der Waals surface area contributed by atoms with Crippen molar-refractivity contribution < 1.29 is 18.3 Å². The number of pyridine rings is 1. The number of nitrogens with two attached hydrogens (primary N) is 1. The summed E-state index contributed by atoms with van der Waals surface area (Å²) in [5.74, 6) is -0.0637. The number of aromatic amines is 1. The van der Waals surface area contributed by atoms with E-state index in [2.05, 4.69) is 20.3 Å². The lowest BCUT2D eigenvalue weighted by Gasteiger charge is -2.14. The average Bonchev–Trinajstić information content (AvgIpc) is 2.68. The molecule has 1 aliphatic rings. The average molecular weight is 421 g/mol. The molecule has 7 nitrogen and oxygen atoms in total. The van der Waals surface area contributed by atoms with Crippen LogP contribution in [-0.4, -0.2) is 26.2 Å². The molecule has 0 saturated heterocycles. The summed E-state index contributed by atoms with van der Waals surface area (Å²) in [5.41, 5.74) is 4.70. The molecular weight excluding hydrogens is 399 g/mol. The van der Waals surface area contributed by atoms with E-state index >= 15 is 0 Å². The molecule has 0 unspecified atom stereocenters. The van der Waals surface area contributed by atoms with Crippen molar-refractivity contribution in [1.29, 1.82) is 0 Å². The van der Waals surface area contributed by atoms with E-state index in [1.807, 2.05) is 0 Å². The highest BCUT2D eigenvalue weighted by Gasteiger charge is 2.30. The number of benzene rings is 1. The van der Waals surface area contributed by atoms with Gasteiger partial charge in [-0.15, -0.1) is 0 Å². The van der Waals surface area contributed by atoms with Gasteiger partial charge in [0.25, 0.3) is 5.56 Å². The molecule has 0 radical (unpaired) electrons. The molecule has 1 aromatic carbocycles. The summed E-state index contributed by atoms with van der Waals surface area (Å²) in [7, 11) is 0. The smallest absolute Gasteiger partial charge is 0.393 e. The van der Waals surface area contributed by atoms with E-state index in [9.17, 15) is 18.0 Å². The van der Waals surface area contributed by atoms with Crippen LogP contribution in [-0.2, 0) is 6.18 Å². The van der Waals surface area contributed by atoms with Crippen molar-refractivity contribution in [2.75, 3.05) is 11.1 Å². The molecule has 0 atom stereocenters. The van der Waals surface area contributed by atoms with Crippen molar-refractivity contribution in [3.63, 3.8) is 0 Å². The first-order chi connectivity index (χ1) is 14.2. The fraction of sp³-hybridized carbons (Fsp3) is 0.350. The zero-order valence-electron chi connectivity index (χ0n) is 16.0. The van der Waals surface area contributed by atoms with E-state index in [1.165, 1.54) is 43.7 Å². The molecular formula is C20H22F3N5O2. The number of H-pyrrole nitrogens is 1. The third kappa shape index (κ3) is 5.47. The largest absolute Gasteiger partial charge is 0.416 e. The van der Waals surface area contributed by atoms with Crippen molar-refractivity contribution in [1.82, 2.24) is 15.0 Å². The van der Waals surface area contributed by atoms with Crippen LogP contribution in [0.4, 0.5) is 30.6 Å². The van der Waals surface area contributed by atoms with Gasteiger partial charge in [-0.2, -0.15) is 18.2 Å². The molecule has 1 aliphatic carbocycles. The molecule has 0 spiro atoms. The Morgan fingerprint density at radius 2 is 1.87 bits per heavy atom. The van der Waals surface area contributed by atoms with Gasteiger partial charge in [0.1, 0.15) is 11.2 Å². The minimum absolute atomic E-state index is 0.0358. The lowest BCUT2D eigenvalue weighted by Crippen LogP contribution is -2.11. The number of rotatable bonds is 2. The van der Waals surface area contributed by atoms with Crippen molar-refractivity contribution >= 4 is 28.4 Å². The van der Waals surface area contributed by atoms with Crippen molar-refractivity contribution in [2.24, 2.45) is 0 Å². The second-order valence-corrected chi connectivity index (χ2v) is 6.99. The van der Waals surface area contributed by atoms with Gasteiger partial charge in [-0.3, -0.25) is 4.79 Å². The Bertz CT molecular complexity index is 1060. The Balaban J connectivity index is 0.000000310. The van der Waals surface area contributed by atoms with Crippen LogP contribution in [0.2, 0.25) is 0 Å². The Morgan fingerprint density at radius 3 is 2.50 bits per heavy atom. The van der Waals surface area contributed by atoms with Crippen LogP contribution in [0.15, 0.2) is 41.3 Å². The number of fused-ring (bicyclic) bond motifs is 1. The molecule has 5 N–H and O–H groups in total. The number of alkyl halides is 3. The minimum atomic E-state index is -4.47. The lowest BCUT2D eigenvalue weighted by molar-refractivity contribution is -0.137. The topological polar surface area (TPSA) is 117 Å². The first kappa shape index (κ1) is 21.6. The van der Waals surface area contributed by atoms with Crippen molar-refractivity contribution in [2.45, 2.75) is 44.4 Å². The predicted molar refractivity (Wildman–Crippen MR) is 108 cm³/mol. The van der Waals surface area contributed by atoms with Gasteiger partial charge in [0, 0.05) is 11.9 Å². The lowest BCUT2D eigenvalue weighted by atomic mass is 9.98. The SMILES string of the molecule is Nc1nc(Nc2cccc(C(F)(F)F)c2)c2c(=O)[nH]ccc2n1.OC1CCCCC1. The summed E-state index contributed by atoms with van der Waals surface area (Å²) >= 11 is 0. The van der Waals surface area contributed by atoms with Crippen LogP contribution >= 0.6 is 0 Å². The van der Waals surface area contributed by atoms with Crippen molar-refractivity contribution in [3.05, 3.63) is 52.4 Å². The van der Waals surface area contributed by atoms with Gasteiger partial charge in [-0.1, -0.05) is 25.3 Å². The number of halogens is 3. The van der Waals surface area contributed by atoms with Crippen LogP contribution in [0, 0.1) is 0 Å². The summed E-state index contributed by atoms with van der Waals surface area (Å²) in [6.45, 7) is 0. The highest BCUT2D eigenvalue weighted by atomic mass is 19.4. The van der Waals surface area contributed by atoms with Crippen LogP contribution < -0.4 is 16.6 Å². The maximum Gasteiger partial charge on any atom is 0.416 e. The molecule has 3 aromatic rings. The van der Waals surface area contributed by atoms with E-state index in [0.29, 0.717) is 0 Å². The Kier molecular flexibility index (Phi) is 6.56. The van der Waals surface area contributed by atoms with Gasteiger partial charge < -0.3 is 21.1 Å². The molecule has 0 amide bonds. The van der Waals surface area contributed by atoms with E-state index in [4.69, 9.17) is 10.8 Å². The van der Waals surface area contributed by atoms with Crippen LogP contribution in [0.3, 0.4) is 0 Å². The number of hydrogen-bond acceptors (Lipinski definition) is 6. The van der Waals surface area contributed by atoms with E-state index in [1.54, 1.807) is 0 Å². The highest BCUT2D eigenvalue weighted by Crippen LogP contribution is 2.31. The number of aromatic nitrogens is 3. The zero-order valence-corrected chi connectivity index (χ0v) is 16.0. The molecule has 2 aromatic heterocycles. The maximum atomic E-state index is 12.8. The molecule has 10 heteroatoms. The second kappa shape index (κ2) is 9.12. The number of hydrogen-bond donors (Lipinski definition) is 4. The fourth-order valence-corrected chi connectivity index (χ4v) is 3.19. The molecule has 0 aliphatic heterocycles. The number of anilines is 3. The standard InChI is InChI=1S/C14H10F3N5O.C6H12O/c15-14(16,17)7-2-1-3-8(6-7)20-11-10-9(21-13(18)22-11)4-5-19-12(10)23;7-6-4-2-1-3-5-6/h1-6H,(H,19,23)(H3,18,20,21,22);6-7H,1-5H2. The number of nitrogens with one attached hydrogen (secondary N) is 2. The Morgan fingerprint density at radius 1 is 1.13 bits per heavy atom. The Hall–Kier alpha value is -3.14. The molecule has 30 heavy (non-hydrogen) atoms. The van der Waals surface area contributed by atoms with Gasteiger partial charge in [0.15, 0.2) is 0 Å². The molecule has 1 saturated carbocycles. The monoisotopic (exact) mass is 421 g/mol. The quantitative estimate of drug-likeness (QED) is 0.497. The summed E-state index contributed by atoms with van der Waals surface area (Å²) in [4.78, 5) is 22.2. The summed E-state index contributed by atoms with van der Waals surface area (Å²) in [6.07, 6.45) is 2.85. The molecule has 0 bridgehead atoms. The first-order valence-electron chi connectivity index (χ1n) is 9.51. The van der Waals surface area contributed by atoms with Gasteiger partial charge in [-0.05, 0) is 37.1 Å². The van der Waals surface area contributed by atoms with Crippen LogP contribution in [0.25, 0.3) is 10.9 Å². The van der Waals surface area contributed by atoms with Gasteiger partial charge in [-0.25, -0.2) is 4.98 Å². The van der Waals surface area contributed by atoms with Crippen LogP contribution in [0.5, 0.6) is 0 Å². The van der Waals surface area contributed by atoms with Gasteiger partial charge in [0.05, 0.1) is 17.2 Å². The molecule has 1 fully saturated rings. The fourth-order valence-electron chi connectivity index (χ4n) is 3.19. The normalized spacial score (nSPS) is 14.8. The molecule has 4 rings (SSSR count). The zero-order chi connectivity index (χ0) is 21.7. The third-order valence-electron chi connectivity index (χ3n) is 4.66. The van der Waals surface area contributed by atoms with Crippen molar-refractivity contribution in [3.8, 4) is 0 Å². The van der Waals surface area contributed by atoms with Gasteiger partial charge >= 0.3 is 6.18 Å². The molecule has 160 valence electrons. The number of aliphatic hydroxyl groups is 1. The van der Waals surface area contributed by atoms with E-state index in [-0.39, 0.29) is 34.5 Å². The summed E-state index contributed by atoms with van der Waals surface area (Å²) in [6, 6.07) is 6.07. The first-order valence-corrected chi connectivity index (χ1v) is 9.51. The third-order valence-corrected chi connectivity index (χ3v) is 4.66. The van der Waals surface area contributed by atoms with Gasteiger partial charge in [0.2, 0.25) is 5.95 Å². The minimum Gasteiger partial charge on any atom is -0.393 e.